The Hall–Kier alpha value is -6.19. The number of aromatic nitrogens is 2. The van der Waals surface area contributed by atoms with Gasteiger partial charge >= 0.3 is 0 Å². The van der Waals surface area contributed by atoms with Gasteiger partial charge in [-0.3, -0.25) is 0 Å². The predicted molar refractivity (Wildman–Crippen MR) is 190 cm³/mol. The zero-order valence-corrected chi connectivity index (χ0v) is 25.0. The Morgan fingerprint density at radius 3 is 2.00 bits per heavy atom. The number of rotatable bonds is 5. The quantitative estimate of drug-likeness (QED) is 0.200. The van der Waals surface area contributed by atoms with E-state index in [2.05, 4.69) is 156 Å². The summed E-state index contributed by atoms with van der Waals surface area (Å²) >= 11 is 0. The smallest absolute Gasteiger partial charge is 0.133 e. The number of hydrogen-bond acceptors (Lipinski definition) is 2. The van der Waals surface area contributed by atoms with Gasteiger partial charge in [0.1, 0.15) is 11.5 Å². The van der Waals surface area contributed by atoms with E-state index >= 15 is 0 Å². The molecule has 0 aliphatic rings. The van der Waals surface area contributed by atoms with E-state index < -0.39 is 0 Å². The molecule has 3 heterocycles. The lowest BCUT2D eigenvalue weighted by Crippen LogP contribution is -1.96. The molecule has 0 saturated carbocycles. The Morgan fingerprint density at radius 1 is 0.457 bits per heavy atom. The number of benzene rings is 6. The molecular formula is C43H28N2O. The zero-order valence-electron chi connectivity index (χ0n) is 25.0. The molecule has 9 aromatic rings. The van der Waals surface area contributed by atoms with Crippen molar-refractivity contribution in [3.8, 4) is 56.1 Å². The fourth-order valence-corrected chi connectivity index (χ4v) is 6.75. The Kier molecular flexibility index (Phi) is 6.14. The maximum absolute atomic E-state index is 5.78. The normalized spacial score (nSPS) is 11.5. The van der Waals surface area contributed by atoms with E-state index in [1.165, 1.54) is 21.9 Å². The van der Waals surface area contributed by atoms with Crippen LogP contribution in [0.3, 0.4) is 0 Å². The van der Waals surface area contributed by atoms with Crippen molar-refractivity contribution < 1.29 is 4.42 Å². The summed E-state index contributed by atoms with van der Waals surface area (Å²) in [5.74, 6) is 0.853. The van der Waals surface area contributed by atoms with E-state index in [0.29, 0.717) is 0 Å². The van der Waals surface area contributed by atoms with Crippen molar-refractivity contribution in [1.29, 1.82) is 0 Å². The number of furan rings is 1. The highest BCUT2D eigenvalue weighted by atomic mass is 16.3. The van der Waals surface area contributed by atoms with Crippen molar-refractivity contribution in [1.82, 2.24) is 9.61 Å². The minimum Gasteiger partial charge on any atom is -0.464 e. The number of pyridine rings is 1. The molecule has 216 valence electrons. The van der Waals surface area contributed by atoms with Crippen LogP contribution in [-0.2, 0) is 0 Å². The molecule has 46 heavy (non-hydrogen) atoms. The second-order valence-electron chi connectivity index (χ2n) is 11.6. The summed E-state index contributed by atoms with van der Waals surface area (Å²) in [5, 5.41) is 10.2. The third-order valence-corrected chi connectivity index (χ3v) is 8.89. The highest BCUT2D eigenvalue weighted by molar-refractivity contribution is 6.09. The maximum atomic E-state index is 5.78. The van der Waals surface area contributed by atoms with Crippen molar-refractivity contribution in [3.05, 3.63) is 170 Å². The second kappa shape index (κ2) is 10.8. The molecule has 3 heteroatoms. The largest absolute Gasteiger partial charge is 0.464 e. The first-order chi connectivity index (χ1) is 22.8. The summed E-state index contributed by atoms with van der Waals surface area (Å²) in [5.41, 5.74) is 10.9. The average molecular weight is 589 g/mol. The minimum absolute atomic E-state index is 0.853. The summed E-state index contributed by atoms with van der Waals surface area (Å²) in [7, 11) is 0. The van der Waals surface area contributed by atoms with Gasteiger partial charge in [0, 0.05) is 27.6 Å². The van der Waals surface area contributed by atoms with Crippen LogP contribution in [0.2, 0.25) is 0 Å². The lowest BCUT2D eigenvalue weighted by Gasteiger charge is -2.12. The molecule has 0 N–H and O–H groups in total. The van der Waals surface area contributed by atoms with Crippen molar-refractivity contribution in [3.63, 3.8) is 0 Å². The Balaban J connectivity index is 1.36. The van der Waals surface area contributed by atoms with Crippen LogP contribution in [0.4, 0.5) is 0 Å². The number of hydrogen-bond donors (Lipinski definition) is 0. The SMILES string of the molecule is c1ccc(-c2c(-c3cccc(-c4cccc5ccccc45)c3)nn3c(-c4ccccc4)cc4cc(-c5ccco5)ccc4c23)cc1. The molecule has 0 unspecified atom stereocenters. The van der Waals surface area contributed by atoms with Crippen LogP contribution in [0.25, 0.3) is 83.2 Å². The Morgan fingerprint density at radius 2 is 1.17 bits per heavy atom. The molecule has 6 aromatic carbocycles. The van der Waals surface area contributed by atoms with Crippen molar-refractivity contribution in [2.45, 2.75) is 0 Å². The molecule has 0 atom stereocenters. The molecule has 9 rings (SSSR count). The number of nitrogens with zero attached hydrogens (tertiary/aromatic N) is 2. The summed E-state index contributed by atoms with van der Waals surface area (Å²) in [4.78, 5) is 0. The fourth-order valence-electron chi connectivity index (χ4n) is 6.75. The van der Waals surface area contributed by atoms with Crippen LogP contribution in [0.5, 0.6) is 0 Å². The lowest BCUT2D eigenvalue weighted by atomic mass is 9.93. The van der Waals surface area contributed by atoms with E-state index in [-0.39, 0.29) is 0 Å². The molecule has 0 radical (unpaired) electrons. The maximum Gasteiger partial charge on any atom is 0.133 e. The third kappa shape index (κ3) is 4.33. The topological polar surface area (TPSA) is 30.4 Å². The van der Waals surface area contributed by atoms with Crippen LogP contribution in [0.1, 0.15) is 0 Å². The number of fused-ring (bicyclic) bond motifs is 4. The van der Waals surface area contributed by atoms with Gasteiger partial charge in [0.15, 0.2) is 0 Å². The fraction of sp³-hybridized carbons (Fsp3) is 0. The van der Waals surface area contributed by atoms with Crippen molar-refractivity contribution in [2.24, 2.45) is 0 Å². The van der Waals surface area contributed by atoms with E-state index in [0.717, 1.165) is 61.3 Å². The molecular weight excluding hydrogens is 560 g/mol. The van der Waals surface area contributed by atoms with Gasteiger partial charge in [0.2, 0.25) is 0 Å². The Bertz CT molecular complexity index is 2500. The first-order valence-corrected chi connectivity index (χ1v) is 15.5. The van der Waals surface area contributed by atoms with Crippen LogP contribution in [0, 0.1) is 0 Å². The summed E-state index contributed by atoms with van der Waals surface area (Å²) in [6.07, 6.45) is 1.72. The predicted octanol–water partition coefficient (Wildman–Crippen LogP) is 11.6. The standard InChI is InChI=1S/C43H28N2O/c1-3-13-30(14-4-1)39-28-35-27-33(40-22-11-25-46-40)23-24-38(35)43-41(31-15-5-2-6-16-31)42(44-45(39)43)34-19-9-18-32(26-34)37-21-10-17-29-12-7-8-20-36(29)37/h1-28H. The van der Waals surface area contributed by atoms with Gasteiger partial charge in [-0.15, -0.1) is 0 Å². The van der Waals surface area contributed by atoms with Crippen molar-refractivity contribution in [2.75, 3.05) is 0 Å². The third-order valence-electron chi connectivity index (χ3n) is 8.89. The molecule has 0 aliphatic carbocycles. The first-order valence-electron chi connectivity index (χ1n) is 15.5. The van der Waals surface area contributed by atoms with Crippen molar-refractivity contribution >= 4 is 27.1 Å². The van der Waals surface area contributed by atoms with Gasteiger partial charge in [-0.05, 0) is 63.2 Å². The van der Waals surface area contributed by atoms with Gasteiger partial charge in [-0.2, -0.15) is 5.10 Å². The summed E-state index contributed by atoms with van der Waals surface area (Å²) in [6, 6.07) is 57.9. The molecule has 3 nitrogen and oxygen atoms in total. The van der Waals surface area contributed by atoms with E-state index in [1.54, 1.807) is 6.26 Å². The van der Waals surface area contributed by atoms with Gasteiger partial charge in [-0.25, -0.2) is 4.52 Å². The van der Waals surface area contributed by atoms with Gasteiger partial charge < -0.3 is 4.42 Å². The molecule has 0 saturated heterocycles. The minimum atomic E-state index is 0.853. The summed E-state index contributed by atoms with van der Waals surface area (Å²) in [6.45, 7) is 0. The molecule has 0 bridgehead atoms. The van der Waals surface area contributed by atoms with E-state index in [1.807, 2.05) is 12.1 Å². The first kappa shape index (κ1) is 26.2. The monoisotopic (exact) mass is 588 g/mol. The second-order valence-corrected chi connectivity index (χ2v) is 11.6. The zero-order chi connectivity index (χ0) is 30.5. The van der Waals surface area contributed by atoms with Crippen LogP contribution < -0.4 is 0 Å². The molecule has 0 fully saturated rings. The Labute approximate surface area is 266 Å². The van der Waals surface area contributed by atoms with E-state index in [9.17, 15) is 0 Å². The summed E-state index contributed by atoms with van der Waals surface area (Å²) < 4.78 is 7.93. The van der Waals surface area contributed by atoms with Gasteiger partial charge in [0.25, 0.3) is 0 Å². The highest BCUT2D eigenvalue weighted by Crippen LogP contribution is 2.42. The molecule has 0 spiro atoms. The van der Waals surface area contributed by atoms with Crippen LogP contribution in [-0.4, -0.2) is 9.61 Å². The van der Waals surface area contributed by atoms with Crippen LogP contribution in [0.15, 0.2) is 174 Å². The molecule has 0 amide bonds. The van der Waals surface area contributed by atoms with Crippen LogP contribution >= 0.6 is 0 Å². The van der Waals surface area contributed by atoms with Gasteiger partial charge in [0.05, 0.1) is 17.5 Å². The molecule has 0 aliphatic heterocycles. The van der Waals surface area contributed by atoms with E-state index in [4.69, 9.17) is 9.52 Å². The highest BCUT2D eigenvalue weighted by Gasteiger charge is 2.22. The average Bonchev–Trinajstić information content (AvgIpc) is 3.81. The molecule has 3 aromatic heterocycles. The lowest BCUT2D eigenvalue weighted by molar-refractivity contribution is 0.582. The van der Waals surface area contributed by atoms with Gasteiger partial charge in [-0.1, -0.05) is 133 Å².